The first-order valence-electron chi connectivity index (χ1n) is 7.08. The Balaban J connectivity index is 2.08. The number of carbonyl (C=O) groups excluding carboxylic acids is 1. The Hall–Kier alpha value is -2.83. The summed E-state index contributed by atoms with van der Waals surface area (Å²) in [7, 11) is 3.04. The summed E-state index contributed by atoms with van der Waals surface area (Å²) in [5.41, 5.74) is 0.812. The fraction of sp³-hybridized carbons (Fsp3) is 0.235. The van der Waals surface area contributed by atoms with Crippen molar-refractivity contribution in [1.82, 2.24) is 5.32 Å². The first-order chi connectivity index (χ1) is 11.5. The molecular weight excluding hydrogens is 320 g/mol. The molecule has 0 aliphatic rings. The highest BCUT2D eigenvalue weighted by molar-refractivity contribution is 5.96. The average molecular weight is 337 g/mol. The summed E-state index contributed by atoms with van der Waals surface area (Å²) in [6.45, 7) is -2.80. The van der Waals surface area contributed by atoms with Crippen molar-refractivity contribution in [1.29, 1.82) is 0 Å². The average Bonchev–Trinajstić information content (AvgIpc) is 2.59. The van der Waals surface area contributed by atoms with Crippen LogP contribution >= 0.6 is 0 Å². The summed E-state index contributed by atoms with van der Waals surface area (Å²) in [6.07, 6.45) is 0. The molecule has 128 valence electrons. The van der Waals surface area contributed by atoms with Crippen LogP contribution in [-0.4, -0.2) is 26.7 Å². The van der Waals surface area contributed by atoms with Gasteiger partial charge in [0, 0.05) is 6.54 Å². The van der Waals surface area contributed by atoms with Gasteiger partial charge in [0.15, 0.2) is 11.5 Å². The molecule has 0 fully saturated rings. The third-order valence-electron chi connectivity index (χ3n) is 3.25. The number of ether oxygens (including phenoxy) is 3. The van der Waals surface area contributed by atoms with Gasteiger partial charge in [-0.1, -0.05) is 18.2 Å². The number of hydrogen-bond donors (Lipinski definition) is 1. The summed E-state index contributed by atoms with van der Waals surface area (Å²) >= 11 is 0. The first kappa shape index (κ1) is 17.5. The zero-order valence-corrected chi connectivity index (χ0v) is 13.2. The molecule has 0 aliphatic heterocycles. The van der Waals surface area contributed by atoms with E-state index in [9.17, 15) is 13.6 Å². The topological polar surface area (TPSA) is 56.8 Å². The fourth-order valence-corrected chi connectivity index (χ4v) is 2.12. The molecule has 0 unspecified atom stereocenters. The van der Waals surface area contributed by atoms with Crippen LogP contribution in [-0.2, 0) is 6.54 Å². The summed E-state index contributed by atoms with van der Waals surface area (Å²) in [4.78, 5) is 12.2. The number of rotatable bonds is 7. The van der Waals surface area contributed by atoms with E-state index in [1.165, 1.54) is 32.4 Å². The molecule has 0 bridgehead atoms. The Morgan fingerprint density at radius 2 is 1.75 bits per heavy atom. The van der Waals surface area contributed by atoms with Crippen LogP contribution in [0.5, 0.6) is 17.2 Å². The minimum Gasteiger partial charge on any atom is -0.493 e. The Morgan fingerprint density at radius 3 is 2.42 bits per heavy atom. The van der Waals surface area contributed by atoms with Crippen LogP contribution in [0.2, 0.25) is 0 Å². The molecule has 7 heteroatoms. The van der Waals surface area contributed by atoms with Gasteiger partial charge in [-0.3, -0.25) is 4.79 Å². The van der Waals surface area contributed by atoms with E-state index in [4.69, 9.17) is 9.47 Å². The highest BCUT2D eigenvalue weighted by Crippen LogP contribution is 2.27. The maximum Gasteiger partial charge on any atom is 0.387 e. The zero-order valence-electron chi connectivity index (χ0n) is 13.2. The van der Waals surface area contributed by atoms with Gasteiger partial charge in [0.2, 0.25) is 0 Å². The number of methoxy groups -OCH3 is 2. The number of para-hydroxylation sites is 1. The van der Waals surface area contributed by atoms with Crippen LogP contribution in [0.3, 0.4) is 0 Å². The predicted molar refractivity (Wildman–Crippen MR) is 83.8 cm³/mol. The molecule has 1 N–H and O–H groups in total. The van der Waals surface area contributed by atoms with Crippen molar-refractivity contribution in [2.75, 3.05) is 14.2 Å². The van der Waals surface area contributed by atoms with Crippen LogP contribution in [0, 0.1) is 0 Å². The van der Waals surface area contributed by atoms with E-state index in [0.29, 0.717) is 11.5 Å². The van der Waals surface area contributed by atoms with Gasteiger partial charge >= 0.3 is 6.61 Å². The third kappa shape index (κ3) is 4.34. The summed E-state index contributed by atoms with van der Waals surface area (Å²) in [5, 5.41) is 2.66. The monoisotopic (exact) mass is 337 g/mol. The van der Waals surface area contributed by atoms with Crippen LogP contribution in [0.15, 0.2) is 42.5 Å². The van der Waals surface area contributed by atoms with Gasteiger partial charge in [0.05, 0.1) is 19.8 Å². The Morgan fingerprint density at radius 1 is 1.04 bits per heavy atom. The van der Waals surface area contributed by atoms with E-state index >= 15 is 0 Å². The zero-order chi connectivity index (χ0) is 17.5. The van der Waals surface area contributed by atoms with E-state index in [-0.39, 0.29) is 17.9 Å². The Bertz CT molecular complexity index is 707. The van der Waals surface area contributed by atoms with Crippen molar-refractivity contribution in [3.8, 4) is 17.2 Å². The highest BCUT2D eigenvalue weighted by atomic mass is 19.3. The number of nitrogens with one attached hydrogen (secondary N) is 1. The maximum atomic E-state index is 12.4. The minimum absolute atomic E-state index is 0.0401. The van der Waals surface area contributed by atoms with Crippen LogP contribution in [0.4, 0.5) is 8.78 Å². The molecule has 0 atom stereocenters. The molecule has 5 nitrogen and oxygen atoms in total. The Labute approximate surface area is 138 Å². The minimum atomic E-state index is -3.00. The molecule has 0 saturated carbocycles. The molecule has 0 aromatic heterocycles. The van der Waals surface area contributed by atoms with Crippen molar-refractivity contribution in [3.05, 3.63) is 53.6 Å². The smallest absolute Gasteiger partial charge is 0.387 e. The molecule has 2 rings (SSSR count). The van der Waals surface area contributed by atoms with Crippen LogP contribution < -0.4 is 19.5 Å². The molecule has 2 aromatic rings. The largest absolute Gasteiger partial charge is 0.493 e. The molecule has 0 spiro atoms. The van der Waals surface area contributed by atoms with E-state index in [0.717, 1.165) is 5.56 Å². The van der Waals surface area contributed by atoms with E-state index in [1.807, 2.05) is 0 Å². The summed E-state index contributed by atoms with van der Waals surface area (Å²) in [6, 6.07) is 11.0. The lowest BCUT2D eigenvalue weighted by Gasteiger charge is -2.12. The third-order valence-corrected chi connectivity index (χ3v) is 3.25. The first-order valence-corrected chi connectivity index (χ1v) is 7.08. The van der Waals surface area contributed by atoms with Crippen molar-refractivity contribution in [2.24, 2.45) is 0 Å². The molecule has 2 aromatic carbocycles. The molecular formula is C17H17F2NO4. The van der Waals surface area contributed by atoms with Crippen molar-refractivity contribution in [2.45, 2.75) is 13.2 Å². The Kier molecular flexibility index (Phi) is 5.95. The van der Waals surface area contributed by atoms with Gasteiger partial charge in [-0.15, -0.1) is 0 Å². The summed E-state index contributed by atoms with van der Waals surface area (Å²) < 4.78 is 39.5. The van der Waals surface area contributed by atoms with Crippen LogP contribution in [0.1, 0.15) is 15.9 Å². The molecule has 24 heavy (non-hydrogen) atoms. The molecule has 0 radical (unpaired) electrons. The van der Waals surface area contributed by atoms with Crippen molar-refractivity contribution in [3.63, 3.8) is 0 Å². The molecule has 0 aliphatic carbocycles. The number of benzene rings is 2. The van der Waals surface area contributed by atoms with Gasteiger partial charge in [-0.05, 0) is 29.8 Å². The summed E-state index contributed by atoms with van der Waals surface area (Å²) in [5.74, 6) is 0.423. The van der Waals surface area contributed by atoms with Gasteiger partial charge < -0.3 is 19.5 Å². The maximum absolute atomic E-state index is 12.4. The lowest BCUT2D eigenvalue weighted by molar-refractivity contribution is -0.0501. The van der Waals surface area contributed by atoms with E-state index in [1.54, 1.807) is 24.3 Å². The van der Waals surface area contributed by atoms with Crippen LogP contribution in [0.25, 0.3) is 0 Å². The number of carbonyl (C=O) groups is 1. The lowest BCUT2D eigenvalue weighted by Crippen LogP contribution is -2.23. The number of amides is 1. The highest BCUT2D eigenvalue weighted by Gasteiger charge is 2.15. The number of hydrogen-bond acceptors (Lipinski definition) is 4. The van der Waals surface area contributed by atoms with E-state index < -0.39 is 12.5 Å². The van der Waals surface area contributed by atoms with Gasteiger partial charge in [0.1, 0.15) is 5.75 Å². The fourth-order valence-electron chi connectivity index (χ4n) is 2.12. The number of halogens is 2. The molecule has 0 saturated heterocycles. The number of alkyl halides is 2. The van der Waals surface area contributed by atoms with Gasteiger partial charge in [-0.25, -0.2) is 0 Å². The second kappa shape index (κ2) is 8.14. The molecule has 1 amide bonds. The van der Waals surface area contributed by atoms with Gasteiger partial charge in [-0.2, -0.15) is 8.78 Å². The quantitative estimate of drug-likeness (QED) is 0.843. The predicted octanol–water partition coefficient (Wildman–Crippen LogP) is 3.24. The normalized spacial score (nSPS) is 10.4. The standard InChI is InChI=1S/C17H17F2NO4/c1-22-14-8-7-11(9-15(14)23-2)10-20-16(21)12-5-3-4-6-13(12)24-17(18)19/h3-9,17H,10H2,1-2H3,(H,20,21). The second-order valence-corrected chi connectivity index (χ2v) is 4.75. The van der Waals surface area contributed by atoms with E-state index in [2.05, 4.69) is 10.1 Å². The lowest BCUT2D eigenvalue weighted by atomic mass is 10.1. The van der Waals surface area contributed by atoms with Gasteiger partial charge in [0.25, 0.3) is 5.91 Å². The SMILES string of the molecule is COc1ccc(CNC(=O)c2ccccc2OC(F)F)cc1OC. The van der Waals surface area contributed by atoms with Crippen molar-refractivity contribution >= 4 is 5.91 Å². The second-order valence-electron chi connectivity index (χ2n) is 4.75. The molecule has 0 heterocycles. The van der Waals surface area contributed by atoms with Crippen molar-refractivity contribution < 1.29 is 27.8 Å².